The number of aliphatic carboxylic acids is 2. The summed E-state index contributed by atoms with van der Waals surface area (Å²) in [4.78, 5) is 41.3. The summed E-state index contributed by atoms with van der Waals surface area (Å²) in [5.74, 6) is -2.35. The van der Waals surface area contributed by atoms with Gasteiger partial charge in [-0.15, -0.1) is 0 Å². The lowest BCUT2D eigenvalue weighted by Gasteiger charge is -2.05. The van der Waals surface area contributed by atoms with Gasteiger partial charge in [-0.1, -0.05) is 0 Å². The molecule has 0 spiro atoms. The standard InChI is InChI=1S/C10H19NO5.C6H10O6.C2H7NO/c1-9(12)7-15-5-6-16-8-10(13)11-3-4-14-2;7-5(8)3-11-1-2-12-4-6(9)10;1-4-2-3/h3-8H2,1-2H3,(H,11,13);1-4H2,(H,7,8)(H,9,10);2-3H2,1H3/p+1. The number of carbonyl (C=O) groups excluding carboxylic acids is 2. The van der Waals surface area contributed by atoms with Crippen LogP contribution in [0.2, 0.25) is 0 Å². The Morgan fingerprint density at radius 3 is 1.56 bits per heavy atom. The zero-order chi connectivity index (χ0) is 25.0. The average molecular weight is 473 g/mol. The van der Waals surface area contributed by atoms with Crippen LogP contribution in [-0.2, 0) is 42.9 Å². The number of carbonyl (C=O) groups is 4. The number of amides is 1. The fourth-order valence-electron chi connectivity index (χ4n) is 1.28. The van der Waals surface area contributed by atoms with Gasteiger partial charge in [-0.2, -0.15) is 0 Å². The van der Waals surface area contributed by atoms with Gasteiger partial charge in [0.2, 0.25) is 5.91 Å². The van der Waals surface area contributed by atoms with Gasteiger partial charge in [-0.05, 0) is 6.92 Å². The largest absolute Gasteiger partial charge is 0.480 e. The number of hydrogen-bond donors (Lipinski definition) is 4. The lowest BCUT2D eigenvalue weighted by molar-refractivity contribution is -0.146. The molecule has 0 saturated carbocycles. The van der Waals surface area contributed by atoms with Crippen LogP contribution in [0.5, 0.6) is 0 Å². The van der Waals surface area contributed by atoms with Gasteiger partial charge in [-0.25, -0.2) is 9.59 Å². The Morgan fingerprint density at radius 2 is 1.22 bits per heavy atom. The van der Waals surface area contributed by atoms with Gasteiger partial charge in [0.1, 0.15) is 33.5 Å². The van der Waals surface area contributed by atoms with Crippen LogP contribution in [0.1, 0.15) is 6.92 Å². The monoisotopic (exact) mass is 473 g/mol. The second-order valence-corrected chi connectivity index (χ2v) is 5.54. The Hall–Kier alpha value is -2.20. The molecular formula is C18H37N2O12+. The third-order valence-corrected chi connectivity index (χ3v) is 2.54. The van der Waals surface area contributed by atoms with Crippen molar-refractivity contribution in [1.29, 1.82) is 0 Å². The normalized spacial score (nSPS) is 9.62. The Bertz CT molecular complexity index is 457. The second-order valence-electron chi connectivity index (χ2n) is 5.54. The molecule has 0 saturated heterocycles. The number of Topliss-reactive ketones (excluding diaryl/α,β-unsaturated/α-hetero) is 1. The van der Waals surface area contributed by atoms with Crippen molar-refractivity contribution < 1.29 is 57.8 Å². The molecule has 14 nitrogen and oxygen atoms in total. The van der Waals surface area contributed by atoms with E-state index >= 15 is 0 Å². The van der Waals surface area contributed by atoms with Crippen LogP contribution in [-0.4, -0.2) is 126 Å². The molecular weight excluding hydrogens is 436 g/mol. The van der Waals surface area contributed by atoms with Crippen molar-refractivity contribution in [3.05, 3.63) is 0 Å². The summed E-state index contributed by atoms with van der Waals surface area (Å²) >= 11 is 0. The highest BCUT2D eigenvalue weighted by Crippen LogP contribution is 1.81. The zero-order valence-electron chi connectivity index (χ0n) is 18.9. The minimum absolute atomic E-state index is 0.00680. The molecule has 1 amide bonds. The third kappa shape index (κ3) is 42.0. The maximum Gasteiger partial charge on any atom is 0.329 e. The van der Waals surface area contributed by atoms with Gasteiger partial charge in [0.15, 0.2) is 12.5 Å². The van der Waals surface area contributed by atoms with Crippen LogP contribution < -0.4 is 11.1 Å². The van der Waals surface area contributed by atoms with Gasteiger partial charge >= 0.3 is 11.9 Å². The molecule has 0 fully saturated rings. The highest BCUT2D eigenvalue weighted by atomic mass is 16.5. The minimum Gasteiger partial charge on any atom is -0.480 e. The van der Waals surface area contributed by atoms with Crippen molar-refractivity contribution in [2.45, 2.75) is 6.92 Å². The van der Waals surface area contributed by atoms with Crippen LogP contribution in [0.3, 0.4) is 0 Å². The highest BCUT2D eigenvalue weighted by molar-refractivity contribution is 5.77. The summed E-state index contributed by atoms with van der Waals surface area (Å²) in [6.45, 7) is 2.91. The van der Waals surface area contributed by atoms with Crippen molar-refractivity contribution in [1.82, 2.24) is 5.32 Å². The second kappa shape index (κ2) is 28.8. The molecule has 0 aromatic carbocycles. The quantitative estimate of drug-likeness (QED) is 0.0935. The number of carboxylic acid groups (broad SMARTS) is 2. The first kappa shape index (κ1) is 34.4. The Balaban J connectivity index is -0.000000462. The number of hydrogen-bond acceptors (Lipinski definition) is 10. The molecule has 0 aliphatic carbocycles. The van der Waals surface area contributed by atoms with Crippen LogP contribution in [0.4, 0.5) is 0 Å². The number of rotatable bonds is 18. The van der Waals surface area contributed by atoms with E-state index in [0.717, 1.165) is 0 Å². The molecule has 0 aromatic heterocycles. The summed E-state index contributed by atoms with van der Waals surface area (Å²) < 4.78 is 27.4. The molecule has 190 valence electrons. The summed E-state index contributed by atoms with van der Waals surface area (Å²) in [5, 5.41) is 18.8. The van der Waals surface area contributed by atoms with Gasteiger partial charge < -0.3 is 44.0 Å². The first-order valence-electron chi connectivity index (χ1n) is 9.46. The van der Waals surface area contributed by atoms with Crippen molar-refractivity contribution in [3.63, 3.8) is 0 Å². The average Bonchev–Trinajstić information content (AvgIpc) is 2.73. The number of ketones is 1. The Kier molecular flexibility index (Phi) is 31.0. The molecule has 0 rings (SSSR count). The van der Waals surface area contributed by atoms with Crippen molar-refractivity contribution >= 4 is 23.6 Å². The first-order valence-corrected chi connectivity index (χ1v) is 9.46. The SMILES string of the molecule is COCCNC(=O)COCCOCC(C)=O.C[OH+]CN.O=C(O)COCCOCC(=O)O. The van der Waals surface area contributed by atoms with Crippen molar-refractivity contribution in [2.24, 2.45) is 5.73 Å². The third-order valence-electron chi connectivity index (χ3n) is 2.54. The number of nitrogens with one attached hydrogen (secondary N) is 1. The molecule has 0 radical (unpaired) electrons. The molecule has 14 heteroatoms. The van der Waals surface area contributed by atoms with Gasteiger partial charge in [-0.3, -0.25) is 15.3 Å². The maximum absolute atomic E-state index is 11.1. The maximum atomic E-state index is 11.1. The van der Waals surface area contributed by atoms with Gasteiger partial charge in [0.05, 0.1) is 33.0 Å². The summed E-state index contributed by atoms with van der Waals surface area (Å²) in [6, 6.07) is 0. The van der Waals surface area contributed by atoms with E-state index in [4.69, 9.17) is 30.2 Å². The van der Waals surface area contributed by atoms with E-state index in [-0.39, 0.29) is 38.1 Å². The van der Waals surface area contributed by atoms with Crippen LogP contribution in [0.25, 0.3) is 0 Å². The summed E-state index contributed by atoms with van der Waals surface area (Å²) in [6.07, 6.45) is 0. The van der Waals surface area contributed by atoms with Crippen LogP contribution >= 0.6 is 0 Å². The molecule has 0 aliphatic rings. The fourth-order valence-corrected chi connectivity index (χ4v) is 1.28. The van der Waals surface area contributed by atoms with Gasteiger partial charge in [0, 0.05) is 13.7 Å². The molecule has 0 aromatic rings. The van der Waals surface area contributed by atoms with Crippen LogP contribution in [0, 0.1) is 0 Å². The number of methoxy groups -OCH3 is 1. The number of aliphatic hydroxyl groups is 2. The summed E-state index contributed by atoms with van der Waals surface area (Å²) in [5.41, 5.74) is 4.86. The topological polar surface area (TPSA) is 206 Å². The Morgan fingerprint density at radius 1 is 0.812 bits per heavy atom. The molecule has 0 unspecified atom stereocenters. The van der Waals surface area contributed by atoms with Crippen molar-refractivity contribution in [3.8, 4) is 0 Å². The lowest BCUT2D eigenvalue weighted by atomic mass is 10.5. The predicted octanol–water partition coefficient (Wildman–Crippen LogP) is -2.38. The molecule has 32 heavy (non-hydrogen) atoms. The van der Waals surface area contributed by atoms with Crippen molar-refractivity contribution in [2.75, 3.05) is 87.0 Å². The van der Waals surface area contributed by atoms with E-state index in [1.807, 2.05) is 0 Å². The van der Waals surface area contributed by atoms with E-state index in [1.165, 1.54) is 6.92 Å². The molecule has 0 atom stereocenters. The zero-order valence-corrected chi connectivity index (χ0v) is 18.9. The first-order chi connectivity index (χ1) is 15.2. The summed E-state index contributed by atoms with van der Waals surface area (Å²) in [7, 11) is 3.25. The van der Waals surface area contributed by atoms with Crippen LogP contribution in [0.15, 0.2) is 0 Å². The van der Waals surface area contributed by atoms with E-state index in [2.05, 4.69) is 19.5 Å². The molecule has 0 aliphatic heterocycles. The predicted molar refractivity (Wildman–Crippen MR) is 111 cm³/mol. The van der Waals surface area contributed by atoms with E-state index in [0.29, 0.717) is 33.1 Å². The number of ether oxygens (including phenoxy) is 6. The van der Waals surface area contributed by atoms with E-state index < -0.39 is 25.2 Å². The smallest absolute Gasteiger partial charge is 0.329 e. The molecule has 0 bridgehead atoms. The molecule has 0 heterocycles. The Labute approximate surface area is 187 Å². The van der Waals surface area contributed by atoms with Gasteiger partial charge in [0.25, 0.3) is 0 Å². The highest BCUT2D eigenvalue weighted by Gasteiger charge is 2.00. The fraction of sp³-hybridized carbons (Fsp3) is 0.778. The minimum atomic E-state index is -1.06. The van der Waals surface area contributed by atoms with E-state index in [9.17, 15) is 19.2 Å². The number of nitrogens with two attached hydrogens (primary N) is 1. The lowest BCUT2D eigenvalue weighted by Crippen LogP contribution is -2.30. The van der Waals surface area contributed by atoms with E-state index in [1.54, 1.807) is 14.2 Å². The molecule has 6 N–H and O–H groups in total. The number of carboxylic acids is 2.